The Kier molecular flexibility index (Phi) is 5.15. The standard InChI is InChI=1S/C19H27N5O3/c1-2-24-17(20-21-19(24)26)14-6-5-11-23(12-14)18(25)16-8-7-15(27-16)13-22-9-3-4-10-22/h7-8,14H,2-6,9-13H2,1H3,(H,21,26). The Hall–Kier alpha value is -2.35. The number of likely N-dealkylation sites (tertiary alicyclic amines) is 2. The van der Waals surface area contributed by atoms with Crippen LogP contribution in [-0.2, 0) is 13.1 Å². The fourth-order valence-electron chi connectivity index (χ4n) is 4.21. The lowest BCUT2D eigenvalue weighted by molar-refractivity contribution is 0.0667. The topological polar surface area (TPSA) is 87.4 Å². The highest BCUT2D eigenvalue weighted by Gasteiger charge is 2.30. The van der Waals surface area contributed by atoms with E-state index in [9.17, 15) is 9.59 Å². The molecule has 0 aliphatic carbocycles. The molecule has 146 valence electrons. The first kappa shape index (κ1) is 18.0. The predicted octanol–water partition coefficient (Wildman–Crippen LogP) is 1.80. The summed E-state index contributed by atoms with van der Waals surface area (Å²) in [5.74, 6) is 1.99. The van der Waals surface area contributed by atoms with Crippen LogP contribution in [0, 0.1) is 0 Å². The summed E-state index contributed by atoms with van der Waals surface area (Å²) < 4.78 is 7.49. The summed E-state index contributed by atoms with van der Waals surface area (Å²) >= 11 is 0. The number of rotatable bonds is 5. The number of hydrogen-bond acceptors (Lipinski definition) is 5. The summed E-state index contributed by atoms with van der Waals surface area (Å²) in [5, 5.41) is 6.73. The van der Waals surface area contributed by atoms with E-state index in [1.54, 1.807) is 10.6 Å². The van der Waals surface area contributed by atoms with Gasteiger partial charge in [0.1, 0.15) is 11.6 Å². The fourth-order valence-corrected chi connectivity index (χ4v) is 4.21. The lowest BCUT2D eigenvalue weighted by Crippen LogP contribution is -2.40. The van der Waals surface area contributed by atoms with Crippen molar-refractivity contribution in [2.75, 3.05) is 26.2 Å². The van der Waals surface area contributed by atoms with Gasteiger partial charge in [0, 0.05) is 25.6 Å². The van der Waals surface area contributed by atoms with Crippen molar-refractivity contribution in [1.82, 2.24) is 24.6 Å². The molecule has 1 unspecified atom stereocenters. The minimum absolute atomic E-state index is 0.0700. The number of aromatic nitrogens is 3. The van der Waals surface area contributed by atoms with Crippen LogP contribution >= 0.6 is 0 Å². The Morgan fingerprint density at radius 3 is 2.85 bits per heavy atom. The van der Waals surface area contributed by atoms with E-state index in [1.165, 1.54) is 12.8 Å². The molecule has 0 aromatic carbocycles. The molecule has 2 aliphatic heterocycles. The molecule has 27 heavy (non-hydrogen) atoms. The van der Waals surface area contributed by atoms with Crippen molar-refractivity contribution in [3.8, 4) is 0 Å². The highest BCUT2D eigenvalue weighted by atomic mass is 16.4. The van der Waals surface area contributed by atoms with Crippen molar-refractivity contribution in [1.29, 1.82) is 0 Å². The van der Waals surface area contributed by atoms with Gasteiger partial charge in [0.25, 0.3) is 5.91 Å². The maximum absolute atomic E-state index is 12.9. The van der Waals surface area contributed by atoms with Crippen LogP contribution in [0.3, 0.4) is 0 Å². The number of nitrogens with one attached hydrogen (secondary N) is 1. The van der Waals surface area contributed by atoms with E-state index < -0.39 is 0 Å². The molecule has 0 bridgehead atoms. The molecule has 8 heteroatoms. The van der Waals surface area contributed by atoms with Crippen molar-refractivity contribution in [2.45, 2.75) is 51.6 Å². The highest BCUT2D eigenvalue weighted by Crippen LogP contribution is 2.26. The molecule has 1 N–H and O–H groups in total. The Bertz CT molecular complexity index is 846. The van der Waals surface area contributed by atoms with Crippen molar-refractivity contribution < 1.29 is 9.21 Å². The number of furan rings is 1. The third-order valence-electron chi connectivity index (χ3n) is 5.63. The van der Waals surface area contributed by atoms with Gasteiger partial charge in [-0.1, -0.05) is 0 Å². The first-order chi connectivity index (χ1) is 13.2. The average Bonchev–Trinajstić information content (AvgIpc) is 3.43. The summed E-state index contributed by atoms with van der Waals surface area (Å²) in [4.78, 5) is 28.9. The molecule has 0 spiro atoms. The first-order valence-electron chi connectivity index (χ1n) is 9.91. The molecule has 1 atom stereocenters. The maximum Gasteiger partial charge on any atom is 0.343 e. The summed E-state index contributed by atoms with van der Waals surface area (Å²) in [6.45, 7) is 6.74. The molecule has 0 saturated carbocycles. The number of carbonyl (C=O) groups excluding carboxylic acids is 1. The SMILES string of the molecule is CCn1c(C2CCCN(C(=O)c3ccc(CN4CCCC4)o3)C2)n[nH]c1=O. The number of amides is 1. The van der Waals surface area contributed by atoms with Crippen LogP contribution < -0.4 is 5.69 Å². The monoisotopic (exact) mass is 373 g/mol. The van der Waals surface area contributed by atoms with Crippen molar-refractivity contribution in [2.24, 2.45) is 0 Å². The van der Waals surface area contributed by atoms with Crippen molar-refractivity contribution in [3.63, 3.8) is 0 Å². The van der Waals surface area contributed by atoms with Crippen LogP contribution in [0.15, 0.2) is 21.3 Å². The van der Waals surface area contributed by atoms with E-state index in [0.29, 0.717) is 25.4 Å². The van der Waals surface area contributed by atoms with Gasteiger partial charge in [0.15, 0.2) is 5.76 Å². The Balaban J connectivity index is 1.44. The van der Waals surface area contributed by atoms with E-state index in [2.05, 4.69) is 15.1 Å². The molecule has 2 aromatic heterocycles. The quantitative estimate of drug-likeness (QED) is 0.863. The van der Waals surface area contributed by atoms with Crippen LogP contribution in [0.25, 0.3) is 0 Å². The zero-order valence-electron chi connectivity index (χ0n) is 15.8. The van der Waals surface area contributed by atoms with E-state index >= 15 is 0 Å². The number of carbonyl (C=O) groups is 1. The summed E-state index contributed by atoms with van der Waals surface area (Å²) in [6, 6.07) is 3.70. The van der Waals surface area contributed by atoms with Gasteiger partial charge in [-0.05, 0) is 57.8 Å². The van der Waals surface area contributed by atoms with Crippen LogP contribution in [0.5, 0.6) is 0 Å². The number of nitrogens with zero attached hydrogens (tertiary/aromatic N) is 4. The van der Waals surface area contributed by atoms with E-state index in [0.717, 1.165) is 44.1 Å². The molecular weight excluding hydrogens is 346 g/mol. The molecule has 4 heterocycles. The lowest BCUT2D eigenvalue weighted by Gasteiger charge is -2.31. The summed E-state index contributed by atoms with van der Waals surface area (Å²) in [6.07, 6.45) is 4.28. The second-order valence-electron chi connectivity index (χ2n) is 7.47. The Morgan fingerprint density at radius 2 is 2.07 bits per heavy atom. The van der Waals surface area contributed by atoms with Gasteiger partial charge in [0.05, 0.1) is 6.54 Å². The van der Waals surface area contributed by atoms with E-state index in [-0.39, 0.29) is 17.5 Å². The van der Waals surface area contributed by atoms with Crippen LogP contribution in [-0.4, -0.2) is 56.7 Å². The normalized spacial score (nSPS) is 21.1. The largest absolute Gasteiger partial charge is 0.455 e. The number of hydrogen-bond donors (Lipinski definition) is 1. The molecule has 2 aliphatic rings. The zero-order chi connectivity index (χ0) is 18.8. The van der Waals surface area contributed by atoms with Gasteiger partial charge >= 0.3 is 5.69 Å². The highest BCUT2D eigenvalue weighted by molar-refractivity contribution is 5.91. The molecule has 0 radical (unpaired) electrons. The van der Waals surface area contributed by atoms with Crippen LogP contribution in [0.4, 0.5) is 0 Å². The number of H-pyrrole nitrogens is 1. The maximum atomic E-state index is 12.9. The molecule has 2 fully saturated rings. The molecule has 2 saturated heterocycles. The zero-order valence-corrected chi connectivity index (χ0v) is 15.8. The summed E-state index contributed by atoms with van der Waals surface area (Å²) in [5.41, 5.74) is -0.187. The Labute approximate surface area is 158 Å². The van der Waals surface area contributed by atoms with Crippen molar-refractivity contribution >= 4 is 5.91 Å². The first-order valence-corrected chi connectivity index (χ1v) is 9.91. The van der Waals surface area contributed by atoms with Gasteiger partial charge in [-0.2, -0.15) is 5.10 Å². The second-order valence-corrected chi connectivity index (χ2v) is 7.47. The summed E-state index contributed by atoms with van der Waals surface area (Å²) in [7, 11) is 0. The third-order valence-corrected chi connectivity index (χ3v) is 5.63. The minimum Gasteiger partial charge on any atom is -0.455 e. The molecular formula is C19H27N5O3. The van der Waals surface area contributed by atoms with Gasteiger partial charge in [-0.15, -0.1) is 0 Å². The van der Waals surface area contributed by atoms with Gasteiger partial charge in [-0.3, -0.25) is 14.3 Å². The van der Waals surface area contributed by atoms with Crippen LogP contribution in [0.2, 0.25) is 0 Å². The van der Waals surface area contributed by atoms with Gasteiger partial charge in [-0.25, -0.2) is 9.89 Å². The predicted molar refractivity (Wildman–Crippen MR) is 99.6 cm³/mol. The second kappa shape index (κ2) is 7.72. The fraction of sp³-hybridized carbons (Fsp3) is 0.632. The number of piperidine rings is 1. The third kappa shape index (κ3) is 3.71. The number of aromatic amines is 1. The van der Waals surface area contributed by atoms with E-state index in [1.807, 2.05) is 17.9 Å². The van der Waals surface area contributed by atoms with Crippen LogP contribution in [0.1, 0.15) is 60.7 Å². The Morgan fingerprint density at radius 1 is 1.26 bits per heavy atom. The molecule has 1 amide bonds. The van der Waals surface area contributed by atoms with Gasteiger partial charge < -0.3 is 9.32 Å². The smallest absolute Gasteiger partial charge is 0.343 e. The molecule has 4 rings (SSSR count). The van der Waals surface area contributed by atoms with Crippen molar-refractivity contribution in [3.05, 3.63) is 40.0 Å². The van der Waals surface area contributed by atoms with E-state index in [4.69, 9.17) is 4.42 Å². The lowest BCUT2D eigenvalue weighted by atomic mass is 9.97. The average molecular weight is 373 g/mol. The molecule has 8 nitrogen and oxygen atoms in total. The minimum atomic E-state index is -0.187. The van der Waals surface area contributed by atoms with Gasteiger partial charge in [0.2, 0.25) is 0 Å². The molecule has 2 aromatic rings.